The van der Waals surface area contributed by atoms with Gasteiger partial charge in [-0.05, 0) is 31.7 Å². The number of methoxy groups -OCH3 is 1. The maximum absolute atomic E-state index is 13.8. The Labute approximate surface area is 117 Å². The molecule has 1 saturated carbocycles. The van der Waals surface area contributed by atoms with Crippen molar-refractivity contribution in [1.82, 2.24) is 0 Å². The Balaban J connectivity index is 2.09. The van der Waals surface area contributed by atoms with E-state index >= 15 is 0 Å². The Bertz CT molecular complexity index is 508. The van der Waals surface area contributed by atoms with Gasteiger partial charge in [-0.1, -0.05) is 23.4 Å². The van der Waals surface area contributed by atoms with Crippen molar-refractivity contribution < 1.29 is 19.1 Å². The molecule has 108 valence electrons. The molecule has 0 aromatic heterocycles. The fourth-order valence-electron chi connectivity index (χ4n) is 2.79. The molecule has 1 fully saturated rings. The van der Waals surface area contributed by atoms with Gasteiger partial charge < -0.3 is 9.94 Å². The quantitative estimate of drug-likeness (QED) is 0.400. The molecule has 0 atom stereocenters. The highest BCUT2D eigenvalue weighted by atomic mass is 19.1. The summed E-state index contributed by atoms with van der Waals surface area (Å²) >= 11 is 0. The molecule has 0 unspecified atom stereocenters. The van der Waals surface area contributed by atoms with Crippen LogP contribution in [-0.4, -0.2) is 24.0 Å². The van der Waals surface area contributed by atoms with Gasteiger partial charge in [0.2, 0.25) is 0 Å². The average Bonchev–Trinajstić information content (AvgIpc) is 2.50. The van der Waals surface area contributed by atoms with Crippen LogP contribution < -0.4 is 0 Å². The van der Waals surface area contributed by atoms with Gasteiger partial charge in [0.25, 0.3) is 0 Å². The van der Waals surface area contributed by atoms with Crippen LogP contribution in [0.3, 0.4) is 0 Å². The van der Waals surface area contributed by atoms with Crippen LogP contribution in [0.2, 0.25) is 0 Å². The third-order valence-corrected chi connectivity index (χ3v) is 3.91. The van der Waals surface area contributed by atoms with Gasteiger partial charge in [0, 0.05) is 11.5 Å². The highest BCUT2D eigenvalue weighted by Gasteiger charge is 2.30. The van der Waals surface area contributed by atoms with Gasteiger partial charge in [0.15, 0.2) is 0 Å². The highest BCUT2D eigenvalue weighted by molar-refractivity contribution is 6.02. The van der Waals surface area contributed by atoms with Gasteiger partial charge in [-0.15, -0.1) is 0 Å². The molecule has 1 aromatic carbocycles. The molecular weight excluding hydrogens is 261 g/mol. The Kier molecular flexibility index (Phi) is 4.71. The second-order valence-electron chi connectivity index (χ2n) is 5.04. The molecule has 0 heterocycles. The average molecular weight is 279 g/mol. The van der Waals surface area contributed by atoms with Crippen LogP contribution >= 0.6 is 0 Å². The zero-order valence-electron chi connectivity index (χ0n) is 11.4. The third kappa shape index (κ3) is 2.98. The molecule has 0 aliphatic heterocycles. The van der Waals surface area contributed by atoms with Crippen molar-refractivity contribution in [3.8, 4) is 0 Å². The van der Waals surface area contributed by atoms with Crippen LogP contribution in [0.1, 0.15) is 31.2 Å². The standard InChI is InChI=1S/C15H18FNO3/c1-20-15(18)11-8-6-10(7-9-11)14(17-19)12-4-2-3-5-13(12)16/h2-5,10-11,19H,6-9H2,1H3/b17-14+/t10-,11-. The summed E-state index contributed by atoms with van der Waals surface area (Å²) < 4.78 is 18.5. The fraction of sp³-hybridized carbons (Fsp3) is 0.467. The SMILES string of the molecule is COC(=O)[C@H]1CC[C@H](/C(=N\O)c2ccccc2F)CC1. The lowest BCUT2D eigenvalue weighted by Gasteiger charge is -2.27. The molecule has 5 heteroatoms. The maximum atomic E-state index is 13.8. The van der Waals surface area contributed by atoms with Crippen molar-refractivity contribution in [2.24, 2.45) is 17.0 Å². The molecule has 20 heavy (non-hydrogen) atoms. The lowest BCUT2D eigenvalue weighted by Crippen LogP contribution is -2.27. The minimum Gasteiger partial charge on any atom is -0.469 e. The van der Waals surface area contributed by atoms with Crippen molar-refractivity contribution >= 4 is 11.7 Å². The minimum atomic E-state index is -0.393. The van der Waals surface area contributed by atoms with Crippen molar-refractivity contribution in [2.45, 2.75) is 25.7 Å². The topological polar surface area (TPSA) is 58.9 Å². The van der Waals surface area contributed by atoms with Gasteiger partial charge >= 0.3 is 5.97 Å². The molecule has 1 aromatic rings. The monoisotopic (exact) mass is 279 g/mol. The van der Waals surface area contributed by atoms with E-state index in [1.807, 2.05) is 0 Å². The molecule has 2 rings (SSSR count). The Morgan fingerprint density at radius 2 is 1.85 bits per heavy atom. The van der Waals surface area contributed by atoms with Gasteiger partial charge in [-0.2, -0.15) is 0 Å². The Morgan fingerprint density at radius 1 is 1.25 bits per heavy atom. The van der Waals surface area contributed by atoms with Crippen molar-refractivity contribution in [3.63, 3.8) is 0 Å². The van der Waals surface area contributed by atoms with E-state index in [0.29, 0.717) is 37.0 Å². The van der Waals surface area contributed by atoms with Gasteiger partial charge in [0.1, 0.15) is 5.82 Å². The van der Waals surface area contributed by atoms with E-state index < -0.39 is 5.82 Å². The van der Waals surface area contributed by atoms with Gasteiger partial charge in [0.05, 0.1) is 18.7 Å². The van der Waals surface area contributed by atoms with Crippen LogP contribution in [0.4, 0.5) is 4.39 Å². The number of nitrogens with zero attached hydrogens (tertiary/aromatic N) is 1. The zero-order chi connectivity index (χ0) is 14.5. The molecule has 0 amide bonds. The molecule has 0 bridgehead atoms. The summed E-state index contributed by atoms with van der Waals surface area (Å²) in [6, 6.07) is 6.27. The number of esters is 1. The summed E-state index contributed by atoms with van der Waals surface area (Å²) in [5.41, 5.74) is 0.697. The number of hydrogen-bond acceptors (Lipinski definition) is 4. The van der Waals surface area contributed by atoms with E-state index in [1.54, 1.807) is 18.2 Å². The van der Waals surface area contributed by atoms with E-state index in [0.717, 1.165) is 0 Å². The summed E-state index contributed by atoms with van der Waals surface area (Å²) in [7, 11) is 1.38. The number of rotatable bonds is 3. The lowest BCUT2D eigenvalue weighted by molar-refractivity contribution is -0.146. The number of carbonyl (C=O) groups is 1. The van der Waals surface area contributed by atoms with E-state index in [2.05, 4.69) is 5.16 Å². The van der Waals surface area contributed by atoms with Crippen LogP contribution in [0, 0.1) is 17.7 Å². The van der Waals surface area contributed by atoms with Gasteiger partial charge in [-0.25, -0.2) is 4.39 Å². The summed E-state index contributed by atoms with van der Waals surface area (Å²) in [4.78, 5) is 11.5. The number of hydrogen-bond donors (Lipinski definition) is 1. The summed E-state index contributed by atoms with van der Waals surface area (Å²) in [5, 5.41) is 12.5. The fourth-order valence-corrected chi connectivity index (χ4v) is 2.79. The zero-order valence-corrected chi connectivity index (χ0v) is 11.4. The van der Waals surface area contributed by atoms with Crippen LogP contribution in [0.5, 0.6) is 0 Å². The number of ether oxygens (including phenoxy) is 1. The van der Waals surface area contributed by atoms with E-state index in [4.69, 9.17) is 4.74 Å². The molecular formula is C15H18FNO3. The first-order valence-electron chi connectivity index (χ1n) is 6.72. The van der Waals surface area contributed by atoms with Crippen LogP contribution in [-0.2, 0) is 9.53 Å². The van der Waals surface area contributed by atoms with Gasteiger partial charge in [-0.3, -0.25) is 4.79 Å². The first-order chi connectivity index (χ1) is 9.67. The predicted octanol–water partition coefficient (Wildman–Crippen LogP) is 2.98. The normalized spacial score (nSPS) is 23.4. The molecule has 0 saturated heterocycles. The minimum absolute atomic E-state index is 0.0298. The lowest BCUT2D eigenvalue weighted by atomic mass is 9.78. The maximum Gasteiger partial charge on any atom is 0.308 e. The second kappa shape index (κ2) is 6.50. The second-order valence-corrected chi connectivity index (χ2v) is 5.04. The van der Waals surface area contributed by atoms with Crippen molar-refractivity contribution in [3.05, 3.63) is 35.6 Å². The molecule has 4 nitrogen and oxygen atoms in total. The van der Waals surface area contributed by atoms with Crippen molar-refractivity contribution in [2.75, 3.05) is 7.11 Å². The van der Waals surface area contributed by atoms with E-state index in [1.165, 1.54) is 13.2 Å². The molecule has 1 aliphatic carbocycles. The molecule has 0 spiro atoms. The smallest absolute Gasteiger partial charge is 0.308 e. The Hall–Kier alpha value is -1.91. The first kappa shape index (κ1) is 14.5. The first-order valence-corrected chi connectivity index (χ1v) is 6.72. The summed E-state index contributed by atoms with van der Waals surface area (Å²) in [5.74, 6) is -0.721. The van der Waals surface area contributed by atoms with Crippen molar-refractivity contribution in [1.29, 1.82) is 0 Å². The number of carbonyl (C=O) groups excluding carboxylic acids is 1. The van der Waals surface area contributed by atoms with E-state index in [-0.39, 0.29) is 17.8 Å². The summed E-state index contributed by atoms with van der Waals surface area (Å²) in [6.45, 7) is 0. The molecule has 1 aliphatic rings. The highest BCUT2D eigenvalue weighted by Crippen LogP contribution is 2.32. The number of oxime groups is 1. The van der Waals surface area contributed by atoms with Crippen LogP contribution in [0.15, 0.2) is 29.4 Å². The Morgan fingerprint density at radius 3 is 2.40 bits per heavy atom. The largest absolute Gasteiger partial charge is 0.469 e. The van der Waals surface area contributed by atoms with E-state index in [9.17, 15) is 14.4 Å². The predicted molar refractivity (Wildman–Crippen MR) is 72.2 cm³/mol. The molecule has 1 N–H and O–H groups in total. The summed E-state index contributed by atoms with van der Waals surface area (Å²) in [6.07, 6.45) is 2.72. The van der Waals surface area contributed by atoms with Crippen LogP contribution in [0.25, 0.3) is 0 Å². The number of benzene rings is 1. The number of halogens is 1. The third-order valence-electron chi connectivity index (χ3n) is 3.91. The molecule has 0 radical (unpaired) electrons.